The van der Waals surface area contributed by atoms with Crippen LogP contribution < -0.4 is 10.1 Å². The number of carbonyl (C=O) groups excluding carboxylic acids is 1. The Balaban J connectivity index is 1.25. The van der Waals surface area contributed by atoms with Crippen LogP contribution in [-0.2, 0) is 26.1 Å². The van der Waals surface area contributed by atoms with Crippen LogP contribution in [0.25, 0.3) is 11.4 Å². The second kappa shape index (κ2) is 12.0. The highest BCUT2D eigenvalue weighted by Crippen LogP contribution is 2.31. The van der Waals surface area contributed by atoms with Gasteiger partial charge >= 0.3 is 0 Å². The molecule has 2 aliphatic heterocycles. The molecule has 2 aliphatic rings. The summed E-state index contributed by atoms with van der Waals surface area (Å²) in [6, 6.07) is 11.7. The monoisotopic (exact) mass is 575 g/mol. The summed E-state index contributed by atoms with van der Waals surface area (Å²) in [5, 5.41) is 7.59. The fourth-order valence-corrected chi connectivity index (χ4v) is 6.32. The van der Waals surface area contributed by atoms with Gasteiger partial charge in [0.25, 0.3) is 0 Å². The minimum absolute atomic E-state index is 0.0960. The number of piperidine rings is 1. The van der Waals surface area contributed by atoms with Crippen molar-refractivity contribution in [1.29, 1.82) is 0 Å². The van der Waals surface area contributed by atoms with Gasteiger partial charge in [0.2, 0.25) is 27.6 Å². The molecular weight excluding hydrogens is 546 g/mol. The summed E-state index contributed by atoms with van der Waals surface area (Å²) in [4.78, 5) is 20.0. The van der Waals surface area contributed by atoms with Gasteiger partial charge in [0.05, 0.1) is 43.4 Å². The first kappa shape index (κ1) is 27.5. The highest BCUT2D eigenvalue weighted by Gasteiger charge is 2.30. The van der Waals surface area contributed by atoms with Crippen molar-refractivity contribution in [1.82, 2.24) is 19.3 Å². The molecule has 2 aromatic carbocycles. The van der Waals surface area contributed by atoms with Crippen LogP contribution in [0.15, 0.2) is 51.9 Å². The average Bonchev–Trinajstić information content (AvgIpc) is 3.42. The Hall–Kier alpha value is -3.03. The van der Waals surface area contributed by atoms with Crippen molar-refractivity contribution >= 4 is 33.2 Å². The van der Waals surface area contributed by atoms with E-state index in [4.69, 9.17) is 25.6 Å². The lowest BCUT2D eigenvalue weighted by Gasteiger charge is -2.31. The van der Waals surface area contributed by atoms with Crippen LogP contribution in [0, 0.1) is 5.92 Å². The van der Waals surface area contributed by atoms with E-state index >= 15 is 0 Å². The molecule has 3 heterocycles. The Morgan fingerprint density at radius 2 is 1.92 bits per heavy atom. The van der Waals surface area contributed by atoms with Crippen molar-refractivity contribution in [3.05, 3.63) is 53.4 Å². The number of rotatable bonds is 8. The molecule has 3 aromatic rings. The van der Waals surface area contributed by atoms with Crippen molar-refractivity contribution in [2.75, 3.05) is 51.8 Å². The number of aromatic nitrogens is 2. The van der Waals surface area contributed by atoms with Crippen molar-refractivity contribution in [2.45, 2.75) is 24.3 Å². The van der Waals surface area contributed by atoms with Gasteiger partial charge in [-0.25, -0.2) is 8.42 Å². The summed E-state index contributed by atoms with van der Waals surface area (Å²) in [6.07, 6.45) is 1.52. The fourth-order valence-electron chi connectivity index (χ4n) is 4.76. The number of hydrogen-bond donors (Lipinski definition) is 1. The van der Waals surface area contributed by atoms with Gasteiger partial charge in [-0.05, 0) is 61.9 Å². The van der Waals surface area contributed by atoms with Gasteiger partial charge in [-0.2, -0.15) is 9.29 Å². The summed E-state index contributed by atoms with van der Waals surface area (Å²) in [6.45, 7) is 2.98. The number of likely N-dealkylation sites (tertiary alicyclic amines) is 1. The summed E-state index contributed by atoms with van der Waals surface area (Å²) in [7, 11) is -2.25. The van der Waals surface area contributed by atoms with Crippen molar-refractivity contribution < 1.29 is 27.2 Å². The molecule has 1 atom stereocenters. The SMILES string of the molecule is COc1ccc(S(=O)(=O)N2CCOCC2)cc1NC(=O)C1CCCN(Cc2nc(-c3ccc(Cl)cc3)no2)C1. The maximum atomic E-state index is 13.3. The zero-order chi connectivity index (χ0) is 27.4. The van der Waals surface area contributed by atoms with Gasteiger partial charge in [0.1, 0.15) is 5.75 Å². The molecule has 0 spiro atoms. The van der Waals surface area contributed by atoms with Crippen LogP contribution >= 0.6 is 11.6 Å². The number of nitrogens with zero attached hydrogens (tertiary/aromatic N) is 4. The Kier molecular flexibility index (Phi) is 8.48. The maximum Gasteiger partial charge on any atom is 0.243 e. The summed E-state index contributed by atoms with van der Waals surface area (Å²) >= 11 is 5.96. The number of hydrogen-bond acceptors (Lipinski definition) is 9. The van der Waals surface area contributed by atoms with Gasteiger partial charge in [-0.3, -0.25) is 9.69 Å². The zero-order valence-electron chi connectivity index (χ0n) is 21.5. The van der Waals surface area contributed by atoms with Gasteiger partial charge in [-0.1, -0.05) is 16.8 Å². The first-order valence-electron chi connectivity index (χ1n) is 12.7. The quantitative estimate of drug-likeness (QED) is 0.430. The first-order valence-corrected chi connectivity index (χ1v) is 14.5. The van der Waals surface area contributed by atoms with E-state index in [9.17, 15) is 13.2 Å². The van der Waals surface area contributed by atoms with Crippen LogP contribution in [-0.4, -0.2) is 80.2 Å². The zero-order valence-corrected chi connectivity index (χ0v) is 23.1. The minimum Gasteiger partial charge on any atom is -0.495 e. The second-order valence-electron chi connectivity index (χ2n) is 9.46. The number of ether oxygens (including phenoxy) is 2. The molecule has 13 heteroatoms. The number of sulfonamides is 1. The van der Waals surface area contributed by atoms with Crippen molar-refractivity contribution in [2.24, 2.45) is 5.92 Å². The first-order chi connectivity index (χ1) is 18.8. The highest BCUT2D eigenvalue weighted by molar-refractivity contribution is 7.89. The molecule has 0 radical (unpaired) electrons. The van der Waals surface area contributed by atoms with Gasteiger partial charge in [0, 0.05) is 30.2 Å². The third-order valence-electron chi connectivity index (χ3n) is 6.84. The second-order valence-corrected chi connectivity index (χ2v) is 11.8. The number of amides is 1. The standard InChI is InChI=1S/C26H30ClN5O6S/c1-36-23-9-8-21(39(34,35)32-11-13-37-14-12-32)15-22(23)28-26(33)19-3-2-10-31(16-19)17-24-29-25(30-38-24)18-4-6-20(27)7-5-18/h4-9,15,19H,2-3,10-14,16-17H2,1H3,(H,28,33). The van der Waals surface area contributed by atoms with E-state index in [1.165, 1.54) is 23.5 Å². The molecule has 0 bridgehead atoms. The topological polar surface area (TPSA) is 127 Å². The summed E-state index contributed by atoms with van der Waals surface area (Å²) in [5.41, 5.74) is 1.12. The molecule has 39 heavy (non-hydrogen) atoms. The largest absolute Gasteiger partial charge is 0.495 e. The lowest BCUT2D eigenvalue weighted by molar-refractivity contribution is -0.121. The van der Waals surface area contributed by atoms with Crippen LogP contribution in [0.2, 0.25) is 5.02 Å². The Bertz CT molecular complexity index is 1410. The van der Waals surface area contributed by atoms with Crippen LogP contribution in [0.3, 0.4) is 0 Å². The number of halogens is 1. The van der Waals surface area contributed by atoms with Gasteiger partial charge in [-0.15, -0.1) is 0 Å². The van der Waals surface area contributed by atoms with Gasteiger partial charge < -0.3 is 19.3 Å². The normalized spacial score (nSPS) is 19.1. The number of morpholine rings is 1. The third kappa shape index (κ3) is 6.42. The third-order valence-corrected chi connectivity index (χ3v) is 8.99. The minimum atomic E-state index is -3.73. The van der Waals surface area contributed by atoms with Crippen LogP contribution in [0.1, 0.15) is 18.7 Å². The van der Waals surface area contributed by atoms with Gasteiger partial charge in [0.15, 0.2) is 0 Å². The van der Waals surface area contributed by atoms with E-state index in [0.29, 0.717) is 60.9 Å². The Labute approximate surface area is 232 Å². The van der Waals surface area contributed by atoms with E-state index in [1.54, 1.807) is 18.2 Å². The van der Waals surface area contributed by atoms with E-state index in [2.05, 4.69) is 20.4 Å². The Morgan fingerprint density at radius 3 is 2.67 bits per heavy atom. The predicted octanol–water partition coefficient (Wildman–Crippen LogP) is 3.27. The lowest BCUT2D eigenvalue weighted by Crippen LogP contribution is -2.41. The number of methoxy groups -OCH3 is 1. The number of nitrogens with one attached hydrogen (secondary N) is 1. The smallest absolute Gasteiger partial charge is 0.243 e. The van der Waals surface area contributed by atoms with Crippen molar-refractivity contribution in [3.63, 3.8) is 0 Å². The molecule has 11 nitrogen and oxygen atoms in total. The molecule has 0 saturated carbocycles. The van der Waals surface area contributed by atoms with E-state index in [-0.39, 0.29) is 29.8 Å². The van der Waals surface area contributed by atoms with E-state index in [1.807, 2.05) is 12.1 Å². The molecular formula is C26H30ClN5O6S. The number of anilines is 1. The molecule has 0 aliphatic carbocycles. The Morgan fingerprint density at radius 1 is 1.15 bits per heavy atom. The van der Waals surface area contributed by atoms with E-state index in [0.717, 1.165) is 18.5 Å². The molecule has 5 rings (SSSR count). The molecule has 208 valence electrons. The number of benzene rings is 2. The van der Waals surface area contributed by atoms with Crippen LogP contribution in [0.4, 0.5) is 5.69 Å². The fraction of sp³-hybridized carbons (Fsp3) is 0.423. The average molecular weight is 576 g/mol. The van der Waals surface area contributed by atoms with E-state index < -0.39 is 10.0 Å². The maximum absolute atomic E-state index is 13.3. The molecule has 2 saturated heterocycles. The lowest BCUT2D eigenvalue weighted by atomic mass is 9.97. The molecule has 1 amide bonds. The summed E-state index contributed by atoms with van der Waals surface area (Å²) < 4.78 is 43.8. The van der Waals surface area contributed by atoms with Crippen LogP contribution in [0.5, 0.6) is 5.75 Å². The predicted molar refractivity (Wildman–Crippen MR) is 144 cm³/mol. The molecule has 1 aromatic heterocycles. The van der Waals surface area contributed by atoms with Crippen molar-refractivity contribution in [3.8, 4) is 17.1 Å². The molecule has 1 unspecified atom stereocenters. The summed E-state index contributed by atoms with van der Waals surface area (Å²) in [5.74, 6) is 0.820. The number of carbonyl (C=O) groups is 1. The highest BCUT2D eigenvalue weighted by atomic mass is 35.5. The molecule has 1 N–H and O–H groups in total. The molecule has 2 fully saturated rings.